The van der Waals surface area contributed by atoms with Gasteiger partial charge in [-0.1, -0.05) is 18.3 Å². The third kappa shape index (κ3) is 3.37. The predicted octanol–water partition coefficient (Wildman–Crippen LogP) is 2.87. The van der Waals surface area contributed by atoms with Gasteiger partial charge in [-0.3, -0.25) is 0 Å². The fourth-order valence-corrected chi connectivity index (χ4v) is 4.11. The molecule has 1 atom stereocenters. The average molecular weight is 307 g/mol. The highest BCUT2D eigenvalue weighted by atomic mass is 32.1. The van der Waals surface area contributed by atoms with Gasteiger partial charge >= 0.3 is 0 Å². The van der Waals surface area contributed by atoms with Crippen molar-refractivity contribution in [3.05, 3.63) is 5.69 Å². The van der Waals surface area contributed by atoms with Gasteiger partial charge in [0.15, 0.2) is 10.8 Å². The Balaban J connectivity index is 1.47. The third-order valence-corrected chi connectivity index (χ3v) is 5.32. The molecule has 3 rings (SSSR count). The summed E-state index contributed by atoms with van der Waals surface area (Å²) in [5.41, 5.74) is 2.06. The number of hydrogen-bond donors (Lipinski definition) is 1. The molecule has 21 heavy (non-hydrogen) atoms. The van der Waals surface area contributed by atoms with Gasteiger partial charge in [0.1, 0.15) is 0 Å². The average Bonchev–Trinajstić information content (AvgIpc) is 2.97. The van der Waals surface area contributed by atoms with Crippen molar-refractivity contribution >= 4 is 26.8 Å². The van der Waals surface area contributed by atoms with Crippen LogP contribution in [0.4, 0.5) is 5.13 Å². The number of nitrogens with one attached hydrogen (secondary N) is 1. The van der Waals surface area contributed by atoms with Crippen molar-refractivity contribution < 1.29 is 0 Å². The number of thiazole rings is 1. The minimum atomic E-state index is 0.867. The monoisotopic (exact) mass is 307 g/mol. The lowest BCUT2D eigenvalue weighted by Gasteiger charge is -2.30. The Morgan fingerprint density at radius 3 is 3.05 bits per heavy atom. The van der Waals surface area contributed by atoms with Gasteiger partial charge in [0.2, 0.25) is 0 Å². The van der Waals surface area contributed by atoms with Crippen LogP contribution in [0.15, 0.2) is 0 Å². The standard InChI is InChI=1S/C15H25N5S/c1-11-6-4-8-20(10-11)9-5-7-16-15-17-14-13(21-15)12(2)18-19(14)3/h11H,4-10H2,1-3H3,(H,16,17)/t11-/m0/s1. The Labute approximate surface area is 130 Å². The maximum atomic E-state index is 4.62. The fraction of sp³-hybridized carbons (Fsp3) is 0.733. The molecule has 5 nitrogen and oxygen atoms in total. The van der Waals surface area contributed by atoms with Crippen LogP contribution in [0.2, 0.25) is 0 Å². The van der Waals surface area contributed by atoms with Gasteiger partial charge < -0.3 is 10.2 Å². The van der Waals surface area contributed by atoms with E-state index < -0.39 is 0 Å². The molecule has 0 amide bonds. The molecule has 0 spiro atoms. The molecule has 116 valence electrons. The first-order valence-electron chi connectivity index (χ1n) is 7.90. The lowest BCUT2D eigenvalue weighted by molar-refractivity contribution is 0.183. The molecule has 1 fully saturated rings. The minimum absolute atomic E-state index is 0.867. The highest BCUT2D eigenvalue weighted by Gasteiger charge is 2.15. The van der Waals surface area contributed by atoms with Gasteiger partial charge in [0.05, 0.1) is 10.4 Å². The van der Waals surface area contributed by atoms with Crippen molar-refractivity contribution in [3.8, 4) is 0 Å². The number of aromatic nitrogens is 3. The highest BCUT2D eigenvalue weighted by molar-refractivity contribution is 7.22. The number of likely N-dealkylation sites (tertiary alicyclic amines) is 1. The Kier molecular flexibility index (Phi) is 4.45. The number of nitrogens with zero attached hydrogens (tertiary/aromatic N) is 4. The summed E-state index contributed by atoms with van der Waals surface area (Å²) < 4.78 is 3.06. The molecule has 1 aliphatic rings. The molecule has 2 aromatic heterocycles. The fourth-order valence-electron chi connectivity index (χ4n) is 3.15. The molecule has 1 saturated heterocycles. The van der Waals surface area contributed by atoms with Crippen molar-refractivity contribution in [2.45, 2.75) is 33.1 Å². The summed E-state index contributed by atoms with van der Waals surface area (Å²) >= 11 is 1.71. The second-order valence-electron chi connectivity index (χ2n) is 6.21. The van der Waals surface area contributed by atoms with Gasteiger partial charge in [-0.2, -0.15) is 5.10 Å². The van der Waals surface area contributed by atoms with Gasteiger partial charge in [0.25, 0.3) is 0 Å². The van der Waals surface area contributed by atoms with Gasteiger partial charge in [-0.05, 0) is 45.2 Å². The quantitative estimate of drug-likeness (QED) is 0.863. The van der Waals surface area contributed by atoms with Crippen LogP contribution in [-0.4, -0.2) is 45.8 Å². The first kappa shape index (κ1) is 14.8. The van der Waals surface area contributed by atoms with E-state index in [2.05, 4.69) is 27.2 Å². The van der Waals surface area contributed by atoms with E-state index in [1.54, 1.807) is 11.3 Å². The summed E-state index contributed by atoms with van der Waals surface area (Å²) in [6.45, 7) is 9.14. The molecular formula is C15H25N5S. The Bertz CT molecular complexity index is 568. The highest BCUT2D eigenvalue weighted by Crippen LogP contribution is 2.27. The van der Waals surface area contributed by atoms with E-state index in [0.29, 0.717) is 0 Å². The van der Waals surface area contributed by atoms with E-state index in [9.17, 15) is 0 Å². The van der Waals surface area contributed by atoms with E-state index >= 15 is 0 Å². The zero-order valence-electron chi connectivity index (χ0n) is 13.2. The summed E-state index contributed by atoms with van der Waals surface area (Å²) in [4.78, 5) is 7.22. The van der Waals surface area contributed by atoms with Crippen LogP contribution >= 0.6 is 11.3 Å². The molecule has 3 heterocycles. The maximum absolute atomic E-state index is 4.62. The Morgan fingerprint density at radius 1 is 1.43 bits per heavy atom. The third-order valence-electron chi connectivity index (χ3n) is 4.21. The summed E-state index contributed by atoms with van der Waals surface area (Å²) in [6.07, 6.45) is 3.94. The summed E-state index contributed by atoms with van der Waals surface area (Å²) in [7, 11) is 1.95. The molecule has 0 aliphatic carbocycles. The minimum Gasteiger partial charge on any atom is -0.361 e. The number of fused-ring (bicyclic) bond motifs is 1. The molecule has 1 aliphatic heterocycles. The van der Waals surface area contributed by atoms with Crippen molar-refractivity contribution in [1.82, 2.24) is 19.7 Å². The number of aryl methyl sites for hydroxylation is 2. The molecule has 0 aromatic carbocycles. The van der Waals surface area contributed by atoms with Crippen LogP contribution in [0.5, 0.6) is 0 Å². The number of hydrogen-bond acceptors (Lipinski definition) is 5. The SMILES string of the molecule is Cc1nn(C)c2nc(NCCCN3CCC[C@H](C)C3)sc12. The second kappa shape index (κ2) is 6.32. The van der Waals surface area contributed by atoms with Crippen LogP contribution in [0, 0.1) is 12.8 Å². The molecule has 6 heteroatoms. The lowest BCUT2D eigenvalue weighted by atomic mass is 10.0. The van der Waals surface area contributed by atoms with Crippen LogP contribution in [0.3, 0.4) is 0 Å². The number of anilines is 1. The van der Waals surface area contributed by atoms with E-state index in [1.807, 2.05) is 18.7 Å². The molecule has 1 N–H and O–H groups in total. The normalized spacial score (nSPS) is 20.2. The van der Waals surface area contributed by atoms with Crippen molar-refractivity contribution in [1.29, 1.82) is 0 Å². The van der Waals surface area contributed by atoms with E-state index in [1.165, 1.54) is 43.6 Å². The number of rotatable bonds is 5. The van der Waals surface area contributed by atoms with Gasteiger partial charge in [-0.15, -0.1) is 0 Å². The van der Waals surface area contributed by atoms with Crippen molar-refractivity contribution in [2.24, 2.45) is 13.0 Å². The zero-order valence-corrected chi connectivity index (χ0v) is 14.0. The second-order valence-corrected chi connectivity index (χ2v) is 7.21. The predicted molar refractivity (Wildman–Crippen MR) is 89.1 cm³/mol. The first-order valence-corrected chi connectivity index (χ1v) is 8.71. The van der Waals surface area contributed by atoms with Crippen molar-refractivity contribution in [3.63, 3.8) is 0 Å². The summed E-state index contributed by atoms with van der Waals surface area (Å²) in [6, 6.07) is 0. The van der Waals surface area contributed by atoms with Crippen LogP contribution in [0.1, 0.15) is 31.9 Å². The van der Waals surface area contributed by atoms with Crippen LogP contribution in [-0.2, 0) is 7.05 Å². The lowest BCUT2D eigenvalue weighted by Crippen LogP contribution is -2.35. The molecule has 0 unspecified atom stereocenters. The first-order chi connectivity index (χ1) is 10.1. The molecule has 0 radical (unpaired) electrons. The molecular weight excluding hydrogens is 282 g/mol. The van der Waals surface area contributed by atoms with Crippen LogP contribution in [0.25, 0.3) is 10.3 Å². The summed E-state index contributed by atoms with van der Waals surface area (Å²) in [5.74, 6) is 0.867. The topological polar surface area (TPSA) is 46.0 Å². The van der Waals surface area contributed by atoms with Crippen LogP contribution < -0.4 is 5.32 Å². The van der Waals surface area contributed by atoms with E-state index in [4.69, 9.17) is 0 Å². The van der Waals surface area contributed by atoms with E-state index in [-0.39, 0.29) is 0 Å². The van der Waals surface area contributed by atoms with Crippen molar-refractivity contribution in [2.75, 3.05) is 31.5 Å². The Hall–Kier alpha value is -1.14. The maximum Gasteiger partial charge on any atom is 0.185 e. The smallest absolute Gasteiger partial charge is 0.185 e. The Morgan fingerprint density at radius 2 is 2.29 bits per heavy atom. The largest absolute Gasteiger partial charge is 0.361 e. The molecule has 2 aromatic rings. The van der Waals surface area contributed by atoms with E-state index in [0.717, 1.165) is 28.9 Å². The van der Waals surface area contributed by atoms with Gasteiger partial charge in [0, 0.05) is 20.1 Å². The molecule has 0 saturated carbocycles. The zero-order chi connectivity index (χ0) is 14.8. The molecule has 0 bridgehead atoms. The van der Waals surface area contributed by atoms with Gasteiger partial charge in [-0.25, -0.2) is 9.67 Å². The summed E-state index contributed by atoms with van der Waals surface area (Å²) in [5, 5.41) is 8.87. The number of piperidine rings is 1.